The minimum atomic E-state index is -0.396. The number of nitrogens with zero attached hydrogens (tertiary/aromatic N) is 1. The molecule has 0 bridgehead atoms. The molecule has 1 N–H and O–H groups in total. The molecular weight excluding hydrogens is 368 g/mol. The van der Waals surface area contributed by atoms with Crippen molar-refractivity contribution in [2.75, 3.05) is 19.5 Å². The smallest absolute Gasteiger partial charge is 0.269 e. The van der Waals surface area contributed by atoms with E-state index in [9.17, 15) is 10.1 Å². The van der Waals surface area contributed by atoms with Crippen LogP contribution in [-0.2, 0) is 0 Å². The van der Waals surface area contributed by atoms with Gasteiger partial charge in [-0.3, -0.25) is 10.1 Å². The third-order valence-electron chi connectivity index (χ3n) is 5.39. The van der Waals surface area contributed by atoms with Crippen molar-refractivity contribution in [2.45, 2.75) is 18.4 Å². The molecule has 0 saturated heterocycles. The Kier molecular flexibility index (Phi) is 4.44. The zero-order chi connectivity index (χ0) is 19.1. The number of nitrogens with one attached hydrogen (secondary N) is 1. The molecule has 0 spiro atoms. The molecule has 2 aromatic rings. The number of non-ortho nitro benzene ring substituents is 1. The van der Waals surface area contributed by atoms with Crippen LogP contribution in [0.3, 0.4) is 0 Å². The van der Waals surface area contributed by atoms with E-state index in [0.29, 0.717) is 10.8 Å². The van der Waals surface area contributed by atoms with Gasteiger partial charge in [-0.05, 0) is 30.0 Å². The summed E-state index contributed by atoms with van der Waals surface area (Å²) in [7, 11) is 3.24. The lowest BCUT2D eigenvalue weighted by Gasteiger charge is -2.38. The van der Waals surface area contributed by atoms with E-state index in [0.717, 1.165) is 29.0 Å². The minimum Gasteiger partial charge on any atom is -0.497 e. The molecule has 3 atom stereocenters. The molecule has 2 aliphatic rings. The van der Waals surface area contributed by atoms with Crippen molar-refractivity contribution in [1.29, 1.82) is 0 Å². The van der Waals surface area contributed by atoms with E-state index in [4.69, 9.17) is 21.1 Å². The summed E-state index contributed by atoms with van der Waals surface area (Å²) < 4.78 is 11.0. The van der Waals surface area contributed by atoms with Gasteiger partial charge in [-0.2, -0.15) is 0 Å². The number of hydrogen-bond donors (Lipinski definition) is 1. The number of allylic oxidation sites excluding steroid dienone is 2. The van der Waals surface area contributed by atoms with Gasteiger partial charge < -0.3 is 14.8 Å². The fraction of sp³-hybridized carbons (Fsp3) is 0.300. The molecule has 27 heavy (non-hydrogen) atoms. The maximum absolute atomic E-state index is 11.2. The number of nitro groups is 1. The molecule has 0 aromatic heterocycles. The number of ether oxygens (including phenoxy) is 2. The van der Waals surface area contributed by atoms with Gasteiger partial charge in [-0.15, -0.1) is 0 Å². The quantitative estimate of drug-likeness (QED) is 0.450. The zero-order valence-corrected chi connectivity index (χ0v) is 15.7. The highest BCUT2D eigenvalue weighted by atomic mass is 35.5. The second kappa shape index (κ2) is 6.78. The van der Waals surface area contributed by atoms with Gasteiger partial charge in [-0.1, -0.05) is 23.8 Å². The summed E-state index contributed by atoms with van der Waals surface area (Å²) in [5.41, 5.74) is 2.74. The Morgan fingerprint density at radius 2 is 2.00 bits per heavy atom. The fourth-order valence-electron chi connectivity index (χ4n) is 4.11. The number of benzene rings is 2. The van der Waals surface area contributed by atoms with E-state index >= 15 is 0 Å². The summed E-state index contributed by atoms with van der Waals surface area (Å²) >= 11 is 6.44. The Balaban J connectivity index is 1.85. The lowest BCUT2D eigenvalue weighted by Crippen LogP contribution is -2.29. The van der Waals surface area contributed by atoms with Crippen LogP contribution in [0.15, 0.2) is 42.5 Å². The van der Waals surface area contributed by atoms with Crippen LogP contribution in [0.1, 0.15) is 29.5 Å². The molecule has 0 fully saturated rings. The van der Waals surface area contributed by atoms with Crippen molar-refractivity contribution in [3.05, 3.63) is 68.7 Å². The van der Waals surface area contributed by atoms with Crippen LogP contribution in [0.25, 0.3) is 0 Å². The summed E-state index contributed by atoms with van der Waals surface area (Å²) in [6.07, 6.45) is 5.19. The maximum atomic E-state index is 11.2. The largest absolute Gasteiger partial charge is 0.497 e. The molecule has 6 nitrogen and oxygen atoms in total. The van der Waals surface area contributed by atoms with Crippen molar-refractivity contribution in [1.82, 2.24) is 0 Å². The van der Waals surface area contributed by atoms with Crippen LogP contribution in [0.4, 0.5) is 11.4 Å². The van der Waals surface area contributed by atoms with Gasteiger partial charge in [0.25, 0.3) is 5.69 Å². The summed E-state index contributed by atoms with van der Waals surface area (Å²) in [5, 5.41) is 15.3. The molecule has 0 saturated carbocycles. The van der Waals surface area contributed by atoms with E-state index in [1.807, 2.05) is 12.1 Å². The molecule has 4 rings (SSSR count). The average molecular weight is 387 g/mol. The Morgan fingerprint density at radius 3 is 2.70 bits per heavy atom. The van der Waals surface area contributed by atoms with Gasteiger partial charge in [0.2, 0.25) is 0 Å². The van der Waals surface area contributed by atoms with E-state index in [1.165, 1.54) is 6.07 Å². The van der Waals surface area contributed by atoms with Crippen molar-refractivity contribution in [2.24, 2.45) is 5.92 Å². The highest BCUT2D eigenvalue weighted by Crippen LogP contribution is 2.54. The lowest BCUT2D eigenvalue weighted by atomic mass is 9.76. The maximum Gasteiger partial charge on any atom is 0.269 e. The van der Waals surface area contributed by atoms with Crippen molar-refractivity contribution >= 4 is 23.0 Å². The van der Waals surface area contributed by atoms with Gasteiger partial charge in [0.1, 0.15) is 11.5 Å². The zero-order valence-electron chi connectivity index (χ0n) is 14.9. The first-order valence-electron chi connectivity index (χ1n) is 8.66. The molecule has 140 valence electrons. The molecule has 1 aliphatic carbocycles. The first-order chi connectivity index (χ1) is 13.0. The number of anilines is 1. The molecule has 0 radical (unpaired) electrons. The normalized spacial score (nSPS) is 22.6. The molecule has 1 aliphatic heterocycles. The second-order valence-corrected chi connectivity index (χ2v) is 7.14. The van der Waals surface area contributed by atoms with Gasteiger partial charge in [0.15, 0.2) is 0 Å². The lowest BCUT2D eigenvalue weighted by molar-refractivity contribution is -0.384. The Morgan fingerprint density at radius 1 is 1.19 bits per heavy atom. The van der Waals surface area contributed by atoms with E-state index in [2.05, 4.69) is 17.5 Å². The number of hydrogen-bond acceptors (Lipinski definition) is 5. The predicted octanol–water partition coefficient (Wildman–Crippen LogP) is 5.09. The molecular formula is C20H19ClN2O4. The minimum absolute atomic E-state index is 0.0335. The number of rotatable bonds is 4. The van der Waals surface area contributed by atoms with Crippen LogP contribution in [0, 0.1) is 16.0 Å². The summed E-state index contributed by atoms with van der Waals surface area (Å²) in [5.74, 6) is 1.77. The van der Waals surface area contributed by atoms with Gasteiger partial charge in [-0.25, -0.2) is 0 Å². The predicted molar refractivity (Wildman–Crippen MR) is 104 cm³/mol. The fourth-order valence-corrected chi connectivity index (χ4v) is 4.35. The van der Waals surface area contributed by atoms with Crippen molar-refractivity contribution in [3.8, 4) is 11.5 Å². The Bertz CT molecular complexity index is 944. The highest BCUT2D eigenvalue weighted by molar-refractivity contribution is 6.31. The molecule has 0 unspecified atom stereocenters. The topological polar surface area (TPSA) is 73.6 Å². The number of methoxy groups -OCH3 is 2. The van der Waals surface area contributed by atoms with Crippen molar-refractivity contribution < 1.29 is 14.4 Å². The van der Waals surface area contributed by atoms with Crippen LogP contribution in [-0.4, -0.2) is 19.1 Å². The van der Waals surface area contributed by atoms with Gasteiger partial charge in [0, 0.05) is 34.7 Å². The van der Waals surface area contributed by atoms with Crippen LogP contribution >= 0.6 is 11.6 Å². The van der Waals surface area contributed by atoms with Crippen molar-refractivity contribution in [3.63, 3.8) is 0 Å². The SMILES string of the molecule is COc1cc(OC)c2c(c1)[C@@H]1C=CC[C@@H]1[C@@H](c1cc([N+](=O)[O-])ccc1Cl)N2. The number of nitro benzene ring substituents is 1. The van der Waals surface area contributed by atoms with Crippen LogP contribution in [0.5, 0.6) is 11.5 Å². The Hall–Kier alpha value is -2.73. The van der Waals surface area contributed by atoms with Gasteiger partial charge >= 0.3 is 0 Å². The summed E-state index contributed by atoms with van der Waals surface area (Å²) in [6.45, 7) is 0. The number of fused-ring (bicyclic) bond motifs is 3. The first kappa shape index (κ1) is 17.7. The molecule has 0 amide bonds. The average Bonchev–Trinajstić information content (AvgIpc) is 3.17. The highest BCUT2D eigenvalue weighted by Gasteiger charge is 2.40. The summed E-state index contributed by atoms with van der Waals surface area (Å²) in [4.78, 5) is 10.8. The van der Waals surface area contributed by atoms with E-state index < -0.39 is 4.92 Å². The van der Waals surface area contributed by atoms with E-state index in [-0.39, 0.29) is 23.6 Å². The molecule has 2 aromatic carbocycles. The van der Waals surface area contributed by atoms with Crippen LogP contribution < -0.4 is 14.8 Å². The van der Waals surface area contributed by atoms with Crippen LogP contribution in [0.2, 0.25) is 5.02 Å². The first-order valence-corrected chi connectivity index (χ1v) is 9.04. The number of halogens is 1. The molecule has 1 heterocycles. The third kappa shape index (κ3) is 2.90. The van der Waals surface area contributed by atoms with E-state index in [1.54, 1.807) is 26.4 Å². The Labute approximate surface area is 161 Å². The molecule has 7 heteroatoms. The standard InChI is InChI=1S/C20H19ClN2O4/c1-26-12-9-15-13-4-3-5-14(13)19(22-20(15)18(10-12)27-2)16-8-11(23(24)25)6-7-17(16)21/h3-4,6-10,13-14,19,22H,5H2,1-2H3/t13-,14+,19+/m1/s1. The van der Waals surface area contributed by atoms with Gasteiger partial charge in [0.05, 0.1) is 30.9 Å². The second-order valence-electron chi connectivity index (χ2n) is 6.73. The third-order valence-corrected chi connectivity index (χ3v) is 5.73. The monoisotopic (exact) mass is 386 g/mol. The summed E-state index contributed by atoms with van der Waals surface area (Å²) in [6, 6.07) is 8.27.